The van der Waals surface area contributed by atoms with Gasteiger partial charge >= 0.3 is 12.1 Å². The van der Waals surface area contributed by atoms with Crippen molar-refractivity contribution in [2.45, 2.75) is 18.6 Å². The molecule has 0 aromatic heterocycles. The molecule has 0 saturated carbocycles. The minimum absolute atomic E-state index is 0.296. The normalized spacial score (nSPS) is 15.3. The molecule has 7 nitrogen and oxygen atoms in total. The Labute approximate surface area is 81.0 Å². The first kappa shape index (κ1) is 13.3. The van der Waals surface area contributed by atoms with Crippen LogP contribution in [0.4, 0.5) is 0 Å². The fourth-order valence-electron chi connectivity index (χ4n) is 0.915. The SMILES string of the molecule is C[N+](C)(CC(O)CC(=O)O)C(O)(O)O. The Morgan fingerprint density at radius 1 is 1.36 bits per heavy atom. The highest BCUT2D eigenvalue weighted by Crippen LogP contribution is 2.13. The van der Waals surface area contributed by atoms with Crippen molar-refractivity contribution >= 4 is 5.97 Å². The molecule has 0 spiro atoms. The van der Waals surface area contributed by atoms with E-state index in [0.717, 1.165) is 0 Å². The minimum Gasteiger partial charge on any atom is -0.481 e. The molecule has 0 radical (unpaired) electrons. The van der Waals surface area contributed by atoms with Gasteiger partial charge in [-0.1, -0.05) is 0 Å². The molecule has 5 N–H and O–H groups in total. The van der Waals surface area contributed by atoms with Gasteiger partial charge in [0.1, 0.15) is 12.6 Å². The molecule has 0 fully saturated rings. The second-order valence-corrected chi connectivity index (χ2v) is 3.72. The molecule has 84 valence electrons. The van der Waals surface area contributed by atoms with Gasteiger partial charge in [0.15, 0.2) is 0 Å². The summed E-state index contributed by atoms with van der Waals surface area (Å²) in [6.45, 7) is -0.296. The van der Waals surface area contributed by atoms with E-state index in [4.69, 9.17) is 20.4 Å². The fourth-order valence-corrected chi connectivity index (χ4v) is 0.915. The molecule has 1 unspecified atom stereocenters. The quantitative estimate of drug-likeness (QED) is 0.252. The molecule has 0 bridgehead atoms. The molecule has 0 aliphatic rings. The van der Waals surface area contributed by atoms with Gasteiger partial charge in [0.2, 0.25) is 0 Å². The highest BCUT2D eigenvalue weighted by Gasteiger charge is 2.42. The molecule has 14 heavy (non-hydrogen) atoms. The number of carboxylic acids is 1. The van der Waals surface area contributed by atoms with Gasteiger partial charge < -0.3 is 10.2 Å². The standard InChI is InChI=1S/C7H15NO6/c1-8(2,7(12,13)14)4-5(9)3-6(10)11/h5,9,12-14H,3-4H2,1-2H3/p+1. The van der Waals surface area contributed by atoms with Crippen molar-refractivity contribution in [2.24, 2.45) is 0 Å². The third-order valence-corrected chi connectivity index (χ3v) is 1.89. The molecule has 0 saturated heterocycles. The Bertz CT molecular complexity index is 209. The van der Waals surface area contributed by atoms with Crippen molar-refractivity contribution in [1.29, 1.82) is 0 Å². The van der Waals surface area contributed by atoms with E-state index in [9.17, 15) is 9.90 Å². The second kappa shape index (κ2) is 4.20. The lowest BCUT2D eigenvalue weighted by Gasteiger charge is -2.36. The summed E-state index contributed by atoms with van der Waals surface area (Å²) < 4.78 is -0.735. The molecule has 0 rings (SSSR count). The topological polar surface area (TPSA) is 118 Å². The van der Waals surface area contributed by atoms with Gasteiger partial charge in [-0.15, -0.1) is 0 Å². The van der Waals surface area contributed by atoms with Crippen LogP contribution in [0.3, 0.4) is 0 Å². The third-order valence-electron chi connectivity index (χ3n) is 1.89. The van der Waals surface area contributed by atoms with Gasteiger partial charge in [-0.25, -0.2) is 4.48 Å². The summed E-state index contributed by atoms with van der Waals surface area (Å²) in [5.74, 6) is -1.20. The largest absolute Gasteiger partial charge is 0.481 e. The smallest absolute Gasteiger partial charge is 0.441 e. The summed E-state index contributed by atoms with van der Waals surface area (Å²) >= 11 is 0. The van der Waals surface area contributed by atoms with Crippen LogP contribution in [0, 0.1) is 0 Å². The second-order valence-electron chi connectivity index (χ2n) is 3.72. The Hall–Kier alpha value is -0.730. The lowest BCUT2D eigenvalue weighted by molar-refractivity contribution is -1.03. The van der Waals surface area contributed by atoms with Crippen LogP contribution in [0.2, 0.25) is 0 Å². The summed E-state index contributed by atoms with van der Waals surface area (Å²) in [5.41, 5.74) is 0. The van der Waals surface area contributed by atoms with Crippen LogP contribution in [0.5, 0.6) is 0 Å². The molecule has 0 aromatic carbocycles. The molecule has 7 heteroatoms. The maximum Gasteiger partial charge on any atom is 0.441 e. The van der Waals surface area contributed by atoms with Crippen LogP contribution in [0.15, 0.2) is 0 Å². The molecule has 0 amide bonds. The lowest BCUT2D eigenvalue weighted by atomic mass is 10.2. The summed E-state index contributed by atoms with van der Waals surface area (Å²) in [6, 6.07) is 0. The fraction of sp³-hybridized carbons (Fsp3) is 0.857. The summed E-state index contributed by atoms with van der Waals surface area (Å²) in [7, 11) is 2.48. The molecule has 0 aliphatic heterocycles. The van der Waals surface area contributed by atoms with E-state index in [2.05, 4.69) is 0 Å². The Balaban J connectivity index is 4.29. The van der Waals surface area contributed by atoms with Crippen molar-refractivity contribution in [3.05, 3.63) is 0 Å². The van der Waals surface area contributed by atoms with E-state index < -0.39 is 29.1 Å². The highest BCUT2D eigenvalue weighted by atomic mass is 16.7. The summed E-state index contributed by atoms with van der Waals surface area (Å²) in [4.78, 5) is 10.2. The molecular formula is C7H16NO6+. The van der Waals surface area contributed by atoms with E-state index in [1.54, 1.807) is 0 Å². The third kappa shape index (κ3) is 3.99. The molecular weight excluding hydrogens is 194 g/mol. The number of quaternary nitrogens is 1. The summed E-state index contributed by atoms with van der Waals surface area (Å²) in [6.07, 6.45) is -4.77. The van der Waals surface area contributed by atoms with E-state index in [-0.39, 0.29) is 6.54 Å². The van der Waals surface area contributed by atoms with E-state index in [1.165, 1.54) is 14.1 Å². The number of aliphatic hydroxyl groups excluding tert-OH is 1. The van der Waals surface area contributed by atoms with E-state index >= 15 is 0 Å². The van der Waals surface area contributed by atoms with Crippen LogP contribution < -0.4 is 0 Å². The predicted molar refractivity (Wildman–Crippen MR) is 44.6 cm³/mol. The maximum absolute atomic E-state index is 10.2. The monoisotopic (exact) mass is 210 g/mol. The molecule has 1 atom stereocenters. The number of rotatable bonds is 5. The van der Waals surface area contributed by atoms with Crippen LogP contribution >= 0.6 is 0 Å². The number of nitrogens with zero attached hydrogens (tertiary/aromatic N) is 1. The Morgan fingerprint density at radius 2 is 1.79 bits per heavy atom. The first-order chi connectivity index (χ1) is 6.06. The van der Waals surface area contributed by atoms with Crippen LogP contribution in [-0.4, -0.2) is 68.8 Å². The van der Waals surface area contributed by atoms with Gasteiger partial charge in [-0.2, -0.15) is 0 Å². The number of carbonyl (C=O) groups is 1. The predicted octanol–water partition coefficient (Wildman–Crippen LogP) is -2.51. The summed E-state index contributed by atoms with van der Waals surface area (Å²) in [5, 5.41) is 44.1. The van der Waals surface area contributed by atoms with Gasteiger partial charge in [0, 0.05) is 0 Å². The van der Waals surface area contributed by atoms with Gasteiger partial charge in [-0.05, 0) is 0 Å². The minimum atomic E-state index is -3.00. The number of likely N-dealkylation sites (N-methyl/N-ethyl adjacent to an activating group) is 1. The van der Waals surface area contributed by atoms with Gasteiger partial charge in [0.05, 0.1) is 20.5 Å². The van der Waals surface area contributed by atoms with Crippen LogP contribution in [0.25, 0.3) is 0 Å². The molecule has 0 aliphatic carbocycles. The highest BCUT2D eigenvalue weighted by molar-refractivity contribution is 5.67. The number of aliphatic hydroxyl groups is 4. The van der Waals surface area contributed by atoms with E-state index in [1.807, 2.05) is 0 Å². The van der Waals surface area contributed by atoms with Crippen molar-refractivity contribution in [2.75, 3.05) is 20.6 Å². The zero-order valence-corrected chi connectivity index (χ0v) is 8.08. The zero-order valence-electron chi connectivity index (χ0n) is 8.08. The zero-order chi connectivity index (χ0) is 11.6. The van der Waals surface area contributed by atoms with Crippen LogP contribution in [-0.2, 0) is 4.79 Å². The van der Waals surface area contributed by atoms with E-state index in [0.29, 0.717) is 0 Å². The van der Waals surface area contributed by atoms with Gasteiger partial charge in [-0.3, -0.25) is 20.1 Å². The van der Waals surface area contributed by atoms with Crippen molar-refractivity contribution in [1.82, 2.24) is 0 Å². The number of hydrogen-bond donors (Lipinski definition) is 5. The lowest BCUT2D eigenvalue weighted by Crippen LogP contribution is -2.62. The first-order valence-electron chi connectivity index (χ1n) is 3.96. The van der Waals surface area contributed by atoms with Crippen molar-refractivity contribution < 1.29 is 34.8 Å². The van der Waals surface area contributed by atoms with Crippen LogP contribution in [0.1, 0.15) is 6.42 Å². The number of aliphatic carboxylic acids is 1. The Morgan fingerprint density at radius 3 is 2.07 bits per heavy atom. The average Bonchev–Trinajstić information content (AvgIpc) is 1.79. The maximum atomic E-state index is 10.2. The Kier molecular flexibility index (Phi) is 3.98. The van der Waals surface area contributed by atoms with Gasteiger partial charge in [0.25, 0.3) is 0 Å². The van der Waals surface area contributed by atoms with Crippen molar-refractivity contribution in [3.63, 3.8) is 0 Å². The number of hydrogen-bond acceptors (Lipinski definition) is 5. The average molecular weight is 210 g/mol. The first-order valence-corrected chi connectivity index (χ1v) is 3.96. The molecule has 0 aromatic rings. The number of carboxylic acid groups (broad SMARTS) is 1. The molecule has 0 heterocycles. The van der Waals surface area contributed by atoms with Crippen molar-refractivity contribution in [3.8, 4) is 0 Å².